The molecule has 0 aliphatic heterocycles. The van der Waals surface area contributed by atoms with Gasteiger partial charge >= 0.3 is 5.97 Å². The van der Waals surface area contributed by atoms with Crippen LogP contribution in [0.1, 0.15) is 25.2 Å². The molecule has 1 N–H and O–H groups in total. The third kappa shape index (κ3) is 3.25. The summed E-state index contributed by atoms with van der Waals surface area (Å²) in [6.45, 7) is 4.90. The molecule has 0 saturated heterocycles. The minimum absolute atomic E-state index is 0.128. The van der Waals surface area contributed by atoms with Gasteiger partial charge in [-0.05, 0) is 29.3 Å². The summed E-state index contributed by atoms with van der Waals surface area (Å²) in [5.74, 6) is 0.0238. The van der Waals surface area contributed by atoms with Crippen LogP contribution in [0.4, 0.5) is 0 Å². The molecule has 0 fully saturated rings. The summed E-state index contributed by atoms with van der Waals surface area (Å²) in [5, 5.41) is 13.0. The number of rotatable bonds is 6. The van der Waals surface area contributed by atoms with Crippen LogP contribution in [-0.4, -0.2) is 26.6 Å². The quantitative estimate of drug-likeness (QED) is 0.877. The third-order valence-electron chi connectivity index (χ3n) is 2.16. The highest BCUT2D eigenvalue weighted by Gasteiger charge is 2.13. The minimum atomic E-state index is -0.778. The molecule has 0 amide bonds. The van der Waals surface area contributed by atoms with E-state index < -0.39 is 5.97 Å². The van der Waals surface area contributed by atoms with Crippen LogP contribution in [0.15, 0.2) is 4.47 Å². The molecule has 90 valence electrons. The van der Waals surface area contributed by atoms with Crippen molar-refractivity contribution in [3.63, 3.8) is 0 Å². The first-order valence-electron chi connectivity index (χ1n) is 5.13. The average Bonchev–Trinajstić information content (AvgIpc) is 2.55. The number of carboxylic acids is 1. The number of thioether (sulfide) groups is 1. The lowest BCUT2D eigenvalue weighted by Crippen LogP contribution is -2.04. The third-order valence-corrected chi connectivity index (χ3v) is 4.00. The Morgan fingerprint density at radius 2 is 2.25 bits per heavy atom. The van der Waals surface area contributed by atoms with Gasteiger partial charge < -0.3 is 5.11 Å². The summed E-state index contributed by atoms with van der Waals surface area (Å²) < 4.78 is 2.95. The Kier molecular flexibility index (Phi) is 5.34. The van der Waals surface area contributed by atoms with Crippen molar-refractivity contribution in [1.29, 1.82) is 0 Å². The monoisotopic (exact) mass is 306 g/mol. The Bertz CT molecular complexity index is 379. The fourth-order valence-corrected chi connectivity index (χ4v) is 3.04. The number of aromatic nitrogens is 2. The number of aryl methyl sites for hydroxylation is 2. The zero-order valence-corrected chi connectivity index (χ0v) is 11.8. The zero-order chi connectivity index (χ0) is 12.1. The van der Waals surface area contributed by atoms with Gasteiger partial charge in [-0.3, -0.25) is 9.48 Å². The van der Waals surface area contributed by atoms with Gasteiger partial charge in [0.1, 0.15) is 0 Å². The number of nitrogens with zero attached hydrogens (tertiary/aromatic N) is 2. The highest BCUT2D eigenvalue weighted by atomic mass is 79.9. The topological polar surface area (TPSA) is 55.1 Å². The SMILES string of the molecule is CCc1nn(CC)c(CSCC(=O)O)c1Br. The lowest BCUT2D eigenvalue weighted by atomic mass is 10.3. The summed E-state index contributed by atoms with van der Waals surface area (Å²) in [5.41, 5.74) is 2.11. The van der Waals surface area contributed by atoms with Gasteiger partial charge in [-0.1, -0.05) is 6.92 Å². The van der Waals surface area contributed by atoms with Crippen molar-refractivity contribution in [2.75, 3.05) is 5.75 Å². The first kappa shape index (κ1) is 13.6. The molecular weight excluding hydrogens is 292 g/mol. The van der Waals surface area contributed by atoms with Crippen molar-refractivity contribution in [2.24, 2.45) is 0 Å². The average molecular weight is 307 g/mol. The van der Waals surface area contributed by atoms with Crippen molar-refractivity contribution in [3.8, 4) is 0 Å². The summed E-state index contributed by atoms with van der Waals surface area (Å²) in [4.78, 5) is 10.4. The fourth-order valence-electron chi connectivity index (χ4n) is 1.39. The molecule has 1 rings (SSSR count). The molecule has 0 aliphatic carbocycles. The largest absolute Gasteiger partial charge is 0.481 e. The van der Waals surface area contributed by atoms with E-state index >= 15 is 0 Å². The van der Waals surface area contributed by atoms with E-state index in [1.165, 1.54) is 11.8 Å². The van der Waals surface area contributed by atoms with Crippen LogP contribution in [-0.2, 0) is 23.5 Å². The smallest absolute Gasteiger partial charge is 0.313 e. The van der Waals surface area contributed by atoms with Crippen LogP contribution in [0.3, 0.4) is 0 Å². The first-order valence-corrected chi connectivity index (χ1v) is 7.08. The molecular formula is C10H15BrN2O2S. The Morgan fingerprint density at radius 3 is 2.75 bits per heavy atom. The van der Waals surface area contributed by atoms with E-state index in [1.807, 2.05) is 11.6 Å². The van der Waals surface area contributed by atoms with Gasteiger partial charge in [-0.2, -0.15) is 5.10 Å². The van der Waals surface area contributed by atoms with Crippen LogP contribution in [0.2, 0.25) is 0 Å². The lowest BCUT2D eigenvalue weighted by Gasteiger charge is -2.03. The van der Waals surface area contributed by atoms with Gasteiger partial charge in [0.25, 0.3) is 0 Å². The minimum Gasteiger partial charge on any atom is -0.481 e. The summed E-state index contributed by atoms with van der Waals surface area (Å²) in [6, 6.07) is 0. The fraction of sp³-hybridized carbons (Fsp3) is 0.600. The highest BCUT2D eigenvalue weighted by Crippen LogP contribution is 2.25. The van der Waals surface area contributed by atoms with E-state index in [-0.39, 0.29) is 5.75 Å². The van der Waals surface area contributed by atoms with Crippen molar-refractivity contribution in [3.05, 3.63) is 15.9 Å². The Hall–Kier alpha value is -0.490. The van der Waals surface area contributed by atoms with Crippen molar-refractivity contribution in [2.45, 2.75) is 32.6 Å². The van der Waals surface area contributed by atoms with Crippen molar-refractivity contribution < 1.29 is 9.90 Å². The molecule has 0 atom stereocenters. The molecule has 1 aromatic heterocycles. The molecule has 16 heavy (non-hydrogen) atoms. The number of aliphatic carboxylic acids is 1. The van der Waals surface area contributed by atoms with Crippen LogP contribution in [0, 0.1) is 0 Å². The van der Waals surface area contributed by atoms with Gasteiger partial charge in [-0.25, -0.2) is 0 Å². The first-order chi connectivity index (χ1) is 7.60. The van der Waals surface area contributed by atoms with Gasteiger partial charge in [0, 0.05) is 12.3 Å². The van der Waals surface area contributed by atoms with Gasteiger partial charge in [0.05, 0.1) is 21.6 Å². The van der Waals surface area contributed by atoms with E-state index in [4.69, 9.17) is 5.11 Å². The van der Waals surface area contributed by atoms with E-state index in [2.05, 4.69) is 28.0 Å². The van der Waals surface area contributed by atoms with Gasteiger partial charge in [0.2, 0.25) is 0 Å². The normalized spacial score (nSPS) is 10.7. The molecule has 0 aliphatic rings. The molecule has 0 radical (unpaired) electrons. The number of halogens is 1. The molecule has 0 saturated carbocycles. The van der Waals surface area contributed by atoms with Crippen molar-refractivity contribution >= 4 is 33.7 Å². The second-order valence-corrected chi connectivity index (χ2v) is 5.04. The van der Waals surface area contributed by atoms with Crippen LogP contribution in [0.5, 0.6) is 0 Å². The maximum atomic E-state index is 10.4. The van der Waals surface area contributed by atoms with E-state index in [9.17, 15) is 4.79 Å². The Balaban J connectivity index is 2.76. The maximum Gasteiger partial charge on any atom is 0.313 e. The molecule has 0 aromatic carbocycles. The van der Waals surface area contributed by atoms with E-state index in [0.717, 1.165) is 28.8 Å². The predicted octanol–water partition coefficient (Wildman–Crippen LogP) is 2.55. The summed E-state index contributed by atoms with van der Waals surface area (Å²) >= 11 is 4.92. The van der Waals surface area contributed by atoms with Crippen LogP contribution >= 0.6 is 27.7 Å². The van der Waals surface area contributed by atoms with Gasteiger partial charge in [0.15, 0.2) is 0 Å². The molecule has 4 nitrogen and oxygen atoms in total. The molecule has 1 aromatic rings. The Morgan fingerprint density at radius 1 is 1.56 bits per heavy atom. The highest BCUT2D eigenvalue weighted by molar-refractivity contribution is 9.10. The number of hydrogen-bond acceptors (Lipinski definition) is 3. The van der Waals surface area contributed by atoms with Crippen molar-refractivity contribution in [1.82, 2.24) is 9.78 Å². The number of carbonyl (C=O) groups is 1. The predicted molar refractivity (Wildman–Crippen MR) is 68.8 cm³/mol. The van der Waals surface area contributed by atoms with Crippen LogP contribution in [0.25, 0.3) is 0 Å². The van der Waals surface area contributed by atoms with Gasteiger partial charge in [-0.15, -0.1) is 11.8 Å². The lowest BCUT2D eigenvalue weighted by molar-refractivity contribution is -0.133. The molecule has 0 bridgehead atoms. The van der Waals surface area contributed by atoms with E-state index in [0.29, 0.717) is 5.75 Å². The molecule has 0 spiro atoms. The standard InChI is InChI=1S/C10H15BrN2O2S/c1-3-7-10(11)8(13(4-2)12-7)5-16-6-9(14)15/h3-6H2,1-2H3,(H,14,15). The zero-order valence-electron chi connectivity index (χ0n) is 9.36. The summed E-state index contributed by atoms with van der Waals surface area (Å²) in [6.07, 6.45) is 0.879. The Labute approximate surface area is 108 Å². The molecule has 6 heteroatoms. The molecule has 0 unspecified atom stereocenters. The maximum absolute atomic E-state index is 10.4. The second-order valence-electron chi connectivity index (χ2n) is 3.26. The summed E-state index contributed by atoms with van der Waals surface area (Å²) in [7, 11) is 0. The van der Waals surface area contributed by atoms with Crippen LogP contribution < -0.4 is 0 Å². The van der Waals surface area contributed by atoms with E-state index in [1.54, 1.807) is 0 Å². The molecule has 1 heterocycles. The second kappa shape index (κ2) is 6.30. The number of hydrogen-bond donors (Lipinski definition) is 1. The number of carboxylic acid groups (broad SMARTS) is 1.